The molecule has 0 bridgehead atoms. The molecule has 4 N–H and O–H groups in total. The van der Waals surface area contributed by atoms with Crippen molar-refractivity contribution in [3.05, 3.63) is 70.2 Å². The summed E-state index contributed by atoms with van der Waals surface area (Å²) in [5.74, 6) is 0.482. The van der Waals surface area contributed by atoms with E-state index >= 15 is 0 Å². The fraction of sp³-hybridized carbons (Fsp3) is 0.217. The molecule has 9 heteroatoms. The molecule has 0 saturated heterocycles. The predicted octanol–water partition coefficient (Wildman–Crippen LogP) is 2.76. The summed E-state index contributed by atoms with van der Waals surface area (Å²) in [4.78, 5) is 24.3. The lowest BCUT2D eigenvalue weighted by Crippen LogP contribution is -2.28. The van der Waals surface area contributed by atoms with Crippen LogP contribution in [-0.4, -0.2) is 34.2 Å². The molecule has 1 aromatic carbocycles. The highest BCUT2D eigenvalue weighted by Crippen LogP contribution is 2.35. The van der Waals surface area contributed by atoms with E-state index in [2.05, 4.69) is 21.1 Å². The molecule has 0 radical (unpaired) electrons. The van der Waals surface area contributed by atoms with Crippen LogP contribution in [0.1, 0.15) is 29.3 Å². The fourth-order valence-electron chi connectivity index (χ4n) is 4.72. The van der Waals surface area contributed by atoms with Crippen LogP contribution in [0.3, 0.4) is 0 Å². The number of aromatic hydroxyl groups is 1. The summed E-state index contributed by atoms with van der Waals surface area (Å²) >= 11 is 0. The van der Waals surface area contributed by atoms with Crippen LogP contribution < -0.4 is 11.4 Å². The maximum Gasteiger partial charge on any atom is 0.328 e. The minimum Gasteiger partial charge on any atom is -0.493 e. The minimum absolute atomic E-state index is 0.000165. The molecule has 0 spiro atoms. The van der Waals surface area contributed by atoms with Gasteiger partial charge in [-0.25, -0.2) is 9.78 Å². The van der Waals surface area contributed by atoms with Gasteiger partial charge in [0.2, 0.25) is 5.88 Å². The average Bonchev–Trinajstić information content (AvgIpc) is 3.36. The molecular weight excluding hydrogens is 406 g/mol. The maximum absolute atomic E-state index is 12.2. The number of pyridine rings is 1. The van der Waals surface area contributed by atoms with Crippen molar-refractivity contribution < 1.29 is 5.11 Å². The van der Waals surface area contributed by atoms with Crippen LogP contribution in [0, 0.1) is 6.92 Å². The average molecular weight is 427 g/mol. The van der Waals surface area contributed by atoms with Gasteiger partial charge in [0.15, 0.2) is 5.65 Å². The van der Waals surface area contributed by atoms with Gasteiger partial charge in [0.05, 0.1) is 23.1 Å². The second-order valence-electron chi connectivity index (χ2n) is 8.29. The van der Waals surface area contributed by atoms with E-state index in [0.29, 0.717) is 30.1 Å². The Morgan fingerprint density at radius 2 is 2.09 bits per heavy atom. The zero-order chi connectivity index (χ0) is 22.0. The third-order valence-corrected chi connectivity index (χ3v) is 6.46. The second-order valence-corrected chi connectivity index (χ2v) is 8.29. The van der Waals surface area contributed by atoms with Crippen LogP contribution in [0.15, 0.2) is 47.5 Å². The van der Waals surface area contributed by atoms with Crippen molar-refractivity contribution in [1.82, 2.24) is 29.1 Å². The molecule has 5 heterocycles. The molecule has 9 nitrogen and oxygen atoms in total. The summed E-state index contributed by atoms with van der Waals surface area (Å²) in [7, 11) is 0. The zero-order valence-electron chi connectivity index (χ0n) is 17.4. The number of nitrogens with two attached hydrogens (primary N) is 1. The number of anilines is 1. The smallest absolute Gasteiger partial charge is 0.328 e. The molecule has 1 aliphatic rings. The molecule has 5 aromatic rings. The lowest BCUT2D eigenvalue weighted by atomic mass is 9.92. The molecule has 32 heavy (non-hydrogen) atoms. The molecule has 1 atom stereocenters. The topological polar surface area (TPSA) is 127 Å². The van der Waals surface area contributed by atoms with Gasteiger partial charge in [-0.3, -0.25) is 14.5 Å². The van der Waals surface area contributed by atoms with Gasteiger partial charge < -0.3 is 10.8 Å². The minimum atomic E-state index is -0.304. The van der Waals surface area contributed by atoms with Crippen LogP contribution in [0.2, 0.25) is 0 Å². The number of aromatic nitrogens is 6. The van der Waals surface area contributed by atoms with Crippen LogP contribution in [0.25, 0.3) is 27.7 Å². The van der Waals surface area contributed by atoms with E-state index < -0.39 is 0 Å². The Kier molecular flexibility index (Phi) is 3.89. The molecule has 6 rings (SSSR count). The van der Waals surface area contributed by atoms with E-state index in [1.807, 2.05) is 37.4 Å². The van der Waals surface area contributed by atoms with Gasteiger partial charge in [0.25, 0.3) is 0 Å². The third kappa shape index (κ3) is 2.64. The van der Waals surface area contributed by atoms with Crippen LogP contribution in [0.5, 0.6) is 5.88 Å². The first kappa shape index (κ1) is 18.6. The number of hydrogen-bond acceptors (Lipinski definition) is 6. The largest absolute Gasteiger partial charge is 0.493 e. The fourth-order valence-corrected chi connectivity index (χ4v) is 4.72. The molecular formula is C23H21N7O2. The number of rotatable bonds is 2. The van der Waals surface area contributed by atoms with E-state index in [4.69, 9.17) is 10.7 Å². The zero-order valence-corrected chi connectivity index (χ0v) is 17.4. The SMILES string of the molecule is Cc1c(C2CCc3c(O)[nH]c(=O)n3C2)nc2c(-c3cnc4ccccc4c3)cnn2c1N. The lowest BCUT2D eigenvalue weighted by Gasteiger charge is -2.25. The predicted molar refractivity (Wildman–Crippen MR) is 121 cm³/mol. The van der Waals surface area contributed by atoms with Crippen LogP contribution >= 0.6 is 0 Å². The number of hydrogen-bond donors (Lipinski definition) is 3. The Bertz CT molecular complexity index is 1580. The van der Waals surface area contributed by atoms with Crippen molar-refractivity contribution in [2.75, 3.05) is 5.73 Å². The summed E-state index contributed by atoms with van der Waals surface area (Å²) in [6.07, 6.45) is 4.94. The van der Waals surface area contributed by atoms with Crippen molar-refractivity contribution >= 4 is 22.4 Å². The number of nitrogens with zero attached hydrogens (tertiary/aromatic N) is 5. The second kappa shape index (κ2) is 6.68. The van der Waals surface area contributed by atoms with Crippen molar-refractivity contribution in [3.63, 3.8) is 0 Å². The van der Waals surface area contributed by atoms with Crippen LogP contribution in [-0.2, 0) is 13.0 Å². The number of benzene rings is 1. The van der Waals surface area contributed by atoms with Crippen molar-refractivity contribution in [2.45, 2.75) is 32.2 Å². The Balaban J connectivity index is 1.49. The van der Waals surface area contributed by atoms with E-state index in [9.17, 15) is 9.90 Å². The summed E-state index contributed by atoms with van der Waals surface area (Å²) in [5, 5.41) is 15.5. The monoisotopic (exact) mass is 427 g/mol. The van der Waals surface area contributed by atoms with E-state index in [-0.39, 0.29) is 17.5 Å². The number of para-hydroxylation sites is 1. The number of nitrogen functional groups attached to an aromatic ring is 1. The Labute approximate surface area is 182 Å². The van der Waals surface area contributed by atoms with Crippen molar-refractivity contribution in [1.29, 1.82) is 0 Å². The number of nitrogens with one attached hydrogen (secondary N) is 1. The molecule has 4 aromatic heterocycles. The van der Waals surface area contributed by atoms with E-state index in [1.165, 1.54) is 0 Å². The highest BCUT2D eigenvalue weighted by molar-refractivity contribution is 5.87. The van der Waals surface area contributed by atoms with Crippen LogP contribution in [0.4, 0.5) is 5.82 Å². The third-order valence-electron chi connectivity index (χ3n) is 6.46. The molecule has 1 unspecified atom stereocenters. The number of fused-ring (bicyclic) bond motifs is 3. The van der Waals surface area contributed by atoms with E-state index in [1.54, 1.807) is 15.3 Å². The van der Waals surface area contributed by atoms with E-state index in [0.717, 1.165) is 39.7 Å². The number of imidazole rings is 1. The summed E-state index contributed by atoms with van der Waals surface area (Å²) in [5.41, 5.74) is 11.9. The standard InChI is InChI=1S/C23H21N7O2/c1-12-19(14-6-7-18-22(31)28-23(32)29(18)11-14)27-21-16(10-26-30(21)20(12)24)15-8-13-4-2-3-5-17(13)25-9-15/h2-5,8-10,14,31H,6-7,11,24H2,1H3,(H,28,32). The molecule has 0 fully saturated rings. The van der Waals surface area contributed by atoms with Gasteiger partial charge in [-0.05, 0) is 31.9 Å². The molecule has 0 aliphatic carbocycles. The first-order chi connectivity index (χ1) is 15.5. The molecule has 0 saturated carbocycles. The van der Waals surface area contributed by atoms with Crippen molar-refractivity contribution in [3.8, 4) is 17.0 Å². The maximum atomic E-state index is 12.2. The van der Waals surface area contributed by atoms with Gasteiger partial charge >= 0.3 is 5.69 Å². The number of H-pyrrole nitrogens is 1. The summed E-state index contributed by atoms with van der Waals surface area (Å²) in [6, 6.07) is 10.0. The van der Waals surface area contributed by atoms with Gasteiger partial charge in [-0.15, -0.1) is 0 Å². The Morgan fingerprint density at radius 1 is 1.25 bits per heavy atom. The molecule has 1 aliphatic heterocycles. The Hall–Kier alpha value is -4.14. The van der Waals surface area contributed by atoms with Gasteiger partial charge in [0, 0.05) is 40.7 Å². The van der Waals surface area contributed by atoms with Crippen molar-refractivity contribution in [2.24, 2.45) is 0 Å². The molecule has 160 valence electrons. The number of aromatic amines is 1. The summed E-state index contributed by atoms with van der Waals surface area (Å²) < 4.78 is 3.25. The first-order valence-electron chi connectivity index (χ1n) is 10.5. The van der Waals surface area contributed by atoms with Gasteiger partial charge in [-0.1, -0.05) is 18.2 Å². The highest BCUT2D eigenvalue weighted by Gasteiger charge is 2.28. The molecule has 0 amide bonds. The first-order valence-corrected chi connectivity index (χ1v) is 10.5. The highest BCUT2D eigenvalue weighted by atomic mass is 16.3. The lowest BCUT2D eigenvalue weighted by molar-refractivity contribution is 0.414. The summed E-state index contributed by atoms with van der Waals surface area (Å²) in [6.45, 7) is 2.37. The quantitative estimate of drug-likeness (QED) is 0.398. The van der Waals surface area contributed by atoms with Gasteiger partial charge in [0.1, 0.15) is 5.82 Å². The Morgan fingerprint density at radius 3 is 2.97 bits per heavy atom. The normalized spacial score (nSPS) is 16.0. The van der Waals surface area contributed by atoms with Gasteiger partial charge in [-0.2, -0.15) is 9.61 Å².